The van der Waals surface area contributed by atoms with Gasteiger partial charge in [0.2, 0.25) is 0 Å². The van der Waals surface area contributed by atoms with E-state index in [1.165, 1.54) is 0 Å². The highest BCUT2D eigenvalue weighted by Gasteiger charge is 2.22. The maximum Gasteiger partial charge on any atom is 0.357 e. The lowest BCUT2D eigenvalue weighted by Crippen LogP contribution is -2.11. The summed E-state index contributed by atoms with van der Waals surface area (Å²) in [7, 11) is 1.56. The maximum atomic E-state index is 12.5. The number of hydrogen-bond acceptors (Lipinski definition) is 6. The van der Waals surface area contributed by atoms with Crippen molar-refractivity contribution >= 4 is 34.1 Å². The van der Waals surface area contributed by atoms with E-state index in [1.807, 2.05) is 18.2 Å². The van der Waals surface area contributed by atoms with Gasteiger partial charge >= 0.3 is 5.97 Å². The Morgan fingerprint density at radius 2 is 1.90 bits per heavy atom. The van der Waals surface area contributed by atoms with Crippen molar-refractivity contribution in [2.45, 2.75) is 13.5 Å². The molecule has 0 aliphatic heterocycles. The van der Waals surface area contributed by atoms with Crippen LogP contribution in [-0.2, 0) is 16.1 Å². The Balaban J connectivity index is 1.92. The average Bonchev–Trinajstić information content (AvgIpc) is 3.15. The first-order valence-corrected chi connectivity index (χ1v) is 9.47. The second-order valence-electron chi connectivity index (χ2n) is 6.62. The predicted molar refractivity (Wildman–Crippen MR) is 112 cm³/mol. The summed E-state index contributed by atoms with van der Waals surface area (Å²) in [6.07, 6.45) is 2.40. The van der Waals surface area contributed by atoms with E-state index < -0.39 is 5.97 Å². The number of esters is 1. The molecule has 7 nitrogen and oxygen atoms in total. The van der Waals surface area contributed by atoms with Crippen LogP contribution in [0.1, 0.15) is 33.3 Å². The molecular formula is C23H20N2O5. The summed E-state index contributed by atoms with van der Waals surface area (Å²) in [5, 5.41) is 1.61. The van der Waals surface area contributed by atoms with Gasteiger partial charge in [-0.1, -0.05) is 6.07 Å². The first-order valence-electron chi connectivity index (χ1n) is 9.47. The molecule has 0 amide bonds. The van der Waals surface area contributed by atoms with Crippen LogP contribution in [-0.4, -0.2) is 35.9 Å². The van der Waals surface area contributed by atoms with Crippen molar-refractivity contribution < 1.29 is 23.8 Å². The van der Waals surface area contributed by atoms with Gasteiger partial charge in [-0.3, -0.25) is 4.79 Å². The summed E-state index contributed by atoms with van der Waals surface area (Å²) in [5.41, 5.74) is 3.02. The Hall–Kier alpha value is -3.71. The number of aromatic nitrogens is 2. The van der Waals surface area contributed by atoms with Gasteiger partial charge < -0.3 is 19.2 Å². The number of aromatic amines is 1. The molecule has 0 fully saturated rings. The molecule has 0 atom stereocenters. The van der Waals surface area contributed by atoms with Gasteiger partial charge in [0.05, 0.1) is 35.8 Å². The van der Waals surface area contributed by atoms with E-state index in [0.717, 1.165) is 28.1 Å². The van der Waals surface area contributed by atoms with Crippen LogP contribution in [0.4, 0.5) is 0 Å². The Bertz CT molecular complexity index is 1230. The fourth-order valence-electron chi connectivity index (χ4n) is 3.46. The molecule has 4 rings (SSSR count). The molecule has 0 saturated carbocycles. The molecule has 0 radical (unpaired) electrons. The highest BCUT2D eigenvalue weighted by Crippen LogP contribution is 2.38. The number of carbonyl (C=O) groups is 2. The van der Waals surface area contributed by atoms with Gasteiger partial charge in [-0.15, -0.1) is 0 Å². The van der Waals surface area contributed by atoms with E-state index in [-0.39, 0.29) is 18.9 Å². The lowest BCUT2D eigenvalue weighted by molar-refractivity contribution is 0.0514. The number of rotatable bonds is 7. The molecule has 0 saturated heterocycles. The van der Waals surface area contributed by atoms with Crippen LogP contribution in [0.5, 0.6) is 11.5 Å². The second kappa shape index (κ2) is 8.34. The van der Waals surface area contributed by atoms with Gasteiger partial charge in [0.25, 0.3) is 0 Å². The summed E-state index contributed by atoms with van der Waals surface area (Å²) in [5.74, 6) is 0.704. The molecule has 2 heterocycles. The summed E-state index contributed by atoms with van der Waals surface area (Å²) in [6, 6.07) is 12.5. The molecule has 0 aliphatic carbocycles. The van der Waals surface area contributed by atoms with Crippen molar-refractivity contribution in [2.24, 2.45) is 0 Å². The van der Waals surface area contributed by atoms with Crippen LogP contribution in [0.15, 0.2) is 48.7 Å². The molecule has 2 aromatic carbocycles. The average molecular weight is 404 g/mol. The number of aldehydes is 1. The third-order valence-corrected chi connectivity index (χ3v) is 4.73. The molecule has 1 N–H and O–H groups in total. The standard InChI is InChI=1S/C23H20N2O5/c1-3-29-23(27)22-16(13-28-2)20-18(11-24-22)25-17-5-4-6-19(21(17)20)30-15-9-7-14(12-26)8-10-15/h4-12,25H,3,13H2,1-2H3. The minimum atomic E-state index is -0.497. The zero-order valence-electron chi connectivity index (χ0n) is 16.6. The van der Waals surface area contributed by atoms with E-state index in [1.54, 1.807) is 44.5 Å². The lowest BCUT2D eigenvalue weighted by Gasteiger charge is -2.11. The first kappa shape index (κ1) is 19.6. The summed E-state index contributed by atoms with van der Waals surface area (Å²) in [6.45, 7) is 2.19. The number of nitrogens with one attached hydrogen (secondary N) is 1. The number of benzene rings is 2. The van der Waals surface area contributed by atoms with Gasteiger partial charge in [-0.25, -0.2) is 9.78 Å². The van der Waals surface area contributed by atoms with Crippen molar-refractivity contribution in [3.05, 3.63) is 65.5 Å². The first-order chi connectivity index (χ1) is 14.7. The van der Waals surface area contributed by atoms with E-state index >= 15 is 0 Å². The molecule has 0 aliphatic rings. The van der Waals surface area contributed by atoms with Gasteiger partial charge in [-0.2, -0.15) is 0 Å². The molecule has 30 heavy (non-hydrogen) atoms. The zero-order valence-corrected chi connectivity index (χ0v) is 16.6. The number of methoxy groups -OCH3 is 1. The predicted octanol–water partition coefficient (Wildman–Crippen LogP) is 4.64. The minimum absolute atomic E-state index is 0.188. The van der Waals surface area contributed by atoms with Gasteiger partial charge in [-0.05, 0) is 43.3 Å². The Labute approximate surface area is 172 Å². The third-order valence-electron chi connectivity index (χ3n) is 4.73. The molecule has 4 aromatic rings. The van der Waals surface area contributed by atoms with Crippen LogP contribution in [0.2, 0.25) is 0 Å². The number of ether oxygens (including phenoxy) is 3. The number of pyridine rings is 1. The molecular weight excluding hydrogens is 384 g/mol. The number of carbonyl (C=O) groups excluding carboxylic acids is 2. The van der Waals surface area contributed by atoms with Crippen LogP contribution < -0.4 is 4.74 Å². The Morgan fingerprint density at radius 3 is 2.60 bits per heavy atom. The fourth-order valence-corrected chi connectivity index (χ4v) is 3.46. The van der Waals surface area contributed by atoms with Crippen LogP contribution in [0, 0.1) is 0 Å². The van der Waals surface area contributed by atoms with Gasteiger partial charge in [0, 0.05) is 23.6 Å². The third kappa shape index (κ3) is 3.51. The minimum Gasteiger partial charge on any atom is -0.461 e. The smallest absolute Gasteiger partial charge is 0.357 e. The monoisotopic (exact) mass is 404 g/mol. The molecule has 0 unspecified atom stereocenters. The van der Waals surface area contributed by atoms with Crippen LogP contribution in [0.3, 0.4) is 0 Å². The Kier molecular flexibility index (Phi) is 5.45. The second-order valence-corrected chi connectivity index (χ2v) is 6.62. The van der Waals surface area contributed by atoms with E-state index in [2.05, 4.69) is 9.97 Å². The van der Waals surface area contributed by atoms with Gasteiger partial charge in [0.15, 0.2) is 5.69 Å². The SMILES string of the molecule is CCOC(=O)c1ncc2[nH]c3cccc(Oc4ccc(C=O)cc4)c3c2c1COC. The molecule has 0 bridgehead atoms. The molecule has 0 spiro atoms. The lowest BCUT2D eigenvalue weighted by atomic mass is 10.0. The largest absolute Gasteiger partial charge is 0.461 e. The number of nitrogens with zero attached hydrogens (tertiary/aromatic N) is 1. The number of hydrogen-bond donors (Lipinski definition) is 1. The maximum absolute atomic E-state index is 12.5. The van der Waals surface area contributed by atoms with E-state index in [4.69, 9.17) is 14.2 Å². The van der Waals surface area contributed by atoms with Crippen molar-refractivity contribution in [1.82, 2.24) is 9.97 Å². The van der Waals surface area contributed by atoms with E-state index in [0.29, 0.717) is 22.6 Å². The number of H-pyrrole nitrogens is 1. The molecule has 2 aromatic heterocycles. The topological polar surface area (TPSA) is 90.5 Å². The fraction of sp³-hybridized carbons (Fsp3) is 0.174. The van der Waals surface area contributed by atoms with Crippen LogP contribution >= 0.6 is 0 Å². The normalized spacial score (nSPS) is 11.0. The van der Waals surface area contributed by atoms with Crippen molar-refractivity contribution in [3.63, 3.8) is 0 Å². The highest BCUT2D eigenvalue weighted by molar-refractivity contribution is 6.13. The summed E-state index contributed by atoms with van der Waals surface area (Å²) >= 11 is 0. The summed E-state index contributed by atoms with van der Waals surface area (Å²) in [4.78, 5) is 31.0. The van der Waals surface area contributed by atoms with Gasteiger partial charge in [0.1, 0.15) is 17.8 Å². The Morgan fingerprint density at radius 1 is 1.10 bits per heavy atom. The summed E-state index contributed by atoms with van der Waals surface area (Å²) < 4.78 is 16.7. The number of fused-ring (bicyclic) bond motifs is 3. The van der Waals surface area contributed by atoms with Crippen LogP contribution in [0.25, 0.3) is 21.8 Å². The van der Waals surface area contributed by atoms with Crippen molar-refractivity contribution in [3.8, 4) is 11.5 Å². The highest BCUT2D eigenvalue weighted by atomic mass is 16.5. The molecule has 7 heteroatoms. The zero-order chi connectivity index (χ0) is 21.1. The van der Waals surface area contributed by atoms with Crippen molar-refractivity contribution in [1.29, 1.82) is 0 Å². The van der Waals surface area contributed by atoms with Crippen molar-refractivity contribution in [2.75, 3.05) is 13.7 Å². The molecule has 152 valence electrons. The quantitative estimate of drug-likeness (QED) is 0.356. The van der Waals surface area contributed by atoms with E-state index in [9.17, 15) is 9.59 Å².